The fourth-order valence-electron chi connectivity index (χ4n) is 6.56. The van der Waals surface area contributed by atoms with Gasteiger partial charge in [0, 0.05) is 23.6 Å². The van der Waals surface area contributed by atoms with Crippen LogP contribution in [0.25, 0.3) is 32.8 Å². The smallest absolute Gasteiger partial charge is 1.00 e. The summed E-state index contributed by atoms with van der Waals surface area (Å²) in [5.41, 5.74) is 10.9. The summed E-state index contributed by atoms with van der Waals surface area (Å²) in [4.78, 5) is 0. The molecule has 3 aliphatic rings. The monoisotopic (exact) mass is 644 g/mol. The van der Waals surface area contributed by atoms with E-state index < -0.39 is 8.07 Å². The van der Waals surface area contributed by atoms with Crippen molar-refractivity contribution >= 4 is 24.0 Å². The molecule has 1 atom stereocenters. The molecule has 0 fully saturated rings. The fraction of sp³-hybridized carbons (Fsp3) is 0.206. The SMILES string of the molecule is CC(C)c1cc2c(-c3ccccc3)cccc2[cH-]1.CC1=C2c3cn(-c4ccccc4)cc3C1[Si]2(C)C.[Cl-].[Cl-].[Zr+3]. The van der Waals surface area contributed by atoms with Gasteiger partial charge in [-0.1, -0.05) is 97.9 Å². The minimum Gasteiger partial charge on any atom is -1.00 e. The summed E-state index contributed by atoms with van der Waals surface area (Å²) < 4.78 is 2.29. The van der Waals surface area contributed by atoms with E-state index in [9.17, 15) is 0 Å². The summed E-state index contributed by atoms with van der Waals surface area (Å²) in [6.45, 7) is 11.8. The Labute approximate surface area is 265 Å². The van der Waals surface area contributed by atoms with E-state index in [1.807, 2.05) is 0 Å². The van der Waals surface area contributed by atoms with Gasteiger partial charge in [0.15, 0.2) is 0 Å². The first-order chi connectivity index (χ1) is 17.4. The second-order valence-corrected chi connectivity index (χ2v) is 15.7. The number of nitrogens with zero attached hydrogens (tertiary/aromatic N) is 1. The molecule has 1 unspecified atom stereocenters. The van der Waals surface area contributed by atoms with Gasteiger partial charge in [-0.05, 0) is 41.7 Å². The minimum absolute atomic E-state index is 0. The van der Waals surface area contributed by atoms with Gasteiger partial charge in [0.1, 0.15) is 0 Å². The second-order valence-electron chi connectivity index (χ2n) is 11.2. The first kappa shape index (κ1) is 31.5. The molecule has 2 bridgehead atoms. The predicted molar refractivity (Wildman–Crippen MR) is 158 cm³/mol. The number of para-hydroxylation sites is 1. The number of benzene rings is 3. The van der Waals surface area contributed by atoms with Crippen LogP contribution in [0.15, 0.2) is 109 Å². The molecule has 8 rings (SSSR count). The molecule has 1 nitrogen and oxygen atoms in total. The van der Waals surface area contributed by atoms with Crippen LogP contribution in [-0.4, -0.2) is 12.6 Å². The van der Waals surface area contributed by atoms with E-state index >= 15 is 0 Å². The van der Waals surface area contributed by atoms with Gasteiger partial charge >= 0.3 is 26.2 Å². The number of fused-ring (bicyclic) bond motifs is 1. The Kier molecular flexibility index (Phi) is 9.88. The van der Waals surface area contributed by atoms with Crippen molar-refractivity contribution in [3.05, 3.63) is 126 Å². The van der Waals surface area contributed by atoms with Gasteiger partial charge in [-0.15, -0.1) is 34.5 Å². The van der Waals surface area contributed by atoms with Crippen molar-refractivity contribution in [2.75, 3.05) is 0 Å². The zero-order valence-corrected chi connectivity index (χ0v) is 28.1. The van der Waals surface area contributed by atoms with E-state index in [1.54, 1.807) is 16.3 Å². The van der Waals surface area contributed by atoms with Crippen molar-refractivity contribution < 1.29 is 51.0 Å². The predicted octanol–water partition coefficient (Wildman–Crippen LogP) is 3.50. The largest absolute Gasteiger partial charge is 3.00 e. The first-order valence-corrected chi connectivity index (χ1v) is 16.2. The van der Waals surface area contributed by atoms with Crippen molar-refractivity contribution in [1.29, 1.82) is 0 Å². The maximum absolute atomic E-state index is 2.51. The van der Waals surface area contributed by atoms with E-state index in [-0.39, 0.29) is 51.0 Å². The van der Waals surface area contributed by atoms with Crippen molar-refractivity contribution in [3.63, 3.8) is 0 Å². The topological polar surface area (TPSA) is 4.93 Å². The standard InChI is InChI=1S/C18H17.C16H17NSi.2ClH.Zr/c1-13(2)16-11-15-9-6-10-17(18(15)12-16)14-7-4-3-5-8-14;1-11-15-13-9-17(12-7-5-4-6-8-12)10-14(13)16(11)18(15,2)3;;;/h3-13H,1-2H3;4-10,15H,1-3H3;2*1H;/q-1;;;;+3/p-2. The summed E-state index contributed by atoms with van der Waals surface area (Å²) in [5, 5.41) is 4.43. The molecule has 5 heteroatoms. The van der Waals surface area contributed by atoms with Crippen LogP contribution in [-0.2, 0) is 26.2 Å². The average Bonchev–Trinajstić information content (AvgIpc) is 3.61. The number of allylic oxidation sites excluding steroid dienone is 1. The Morgan fingerprint density at radius 1 is 0.795 bits per heavy atom. The molecule has 0 N–H and O–H groups in total. The zero-order chi connectivity index (χ0) is 25.0. The molecule has 2 aliphatic heterocycles. The Bertz CT molecular complexity index is 1600. The van der Waals surface area contributed by atoms with Crippen molar-refractivity contribution in [3.8, 4) is 16.8 Å². The quantitative estimate of drug-likeness (QED) is 0.209. The van der Waals surface area contributed by atoms with Crippen LogP contribution < -0.4 is 24.8 Å². The van der Waals surface area contributed by atoms with Gasteiger partial charge in [0.05, 0.1) is 8.07 Å². The first-order valence-electron chi connectivity index (χ1n) is 13.1. The van der Waals surface area contributed by atoms with Crippen LogP contribution in [0, 0.1) is 0 Å². The molecule has 0 saturated carbocycles. The van der Waals surface area contributed by atoms with Gasteiger partial charge in [-0.25, -0.2) is 0 Å². The number of aromatic nitrogens is 1. The van der Waals surface area contributed by atoms with E-state index in [0.29, 0.717) is 5.92 Å². The molecule has 0 amide bonds. The van der Waals surface area contributed by atoms with Crippen LogP contribution in [0.5, 0.6) is 0 Å². The summed E-state index contributed by atoms with van der Waals surface area (Å²) in [6, 6.07) is 32.4. The molecular formula is C34H34Cl2NSiZr. The number of hydrogen-bond donors (Lipinski definition) is 0. The summed E-state index contributed by atoms with van der Waals surface area (Å²) in [5.74, 6) is 0.584. The van der Waals surface area contributed by atoms with Gasteiger partial charge in [-0.2, -0.15) is 6.07 Å². The summed E-state index contributed by atoms with van der Waals surface area (Å²) in [6.07, 6.45) is 4.69. The third-order valence-corrected chi connectivity index (χ3v) is 12.3. The van der Waals surface area contributed by atoms with Crippen molar-refractivity contribution in [1.82, 2.24) is 4.57 Å². The Morgan fingerprint density at radius 2 is 1.44 bits per heavy atom. The fourth-order valence-corrected chi connectivity index (χ4v) is 10.9. The molecule has 197 valence electrons. The van der Waals surface area contributed by atoms with E-state index in [2.05, 4.69) is 142 Å². The Balaban J connectivity index is 0.000000200. The summed E-state index contributed by atoms with van der Waals surface area (Å²) >= 11 is 0. The molecule has 1 aliphatic carbocycles. The van der Waals surface area contributed by atoms with Crippen molar-refractivity contribution in [2.45, 2.75) is 45.3 Å². The molecule has 0 spiro atoms. The number of hydrogen-bond acceptors (Lipinski definition) is 0. The summed E-state index contributed by atoms with van der Waals surface area (Å²) in [7, 11) is -1.12. The van der Waals surface area contributed by atoms with Crippen LogP contribution in [0.1, 0.15) is 48.9 Å². The van der Waals surface area contributed by atoms with E-state index in [1.165, 1.54) is 38.7 Å². The molecule has 0 saturated heterocycles. The average molecular weight is 647 g/mol. The van der Waals surface area contributed by atoms with E-state index in [4.69, 9.17) is 0 Å². The molecule has 1 aromatic heterocycles. The van der Waals surface area contributed by atoms with Gasteiger partial charge in [0.25, 0.3) is 0 Å². The molecular weight excluding hydrogens is 613 g/mol. The zero-order valence-electron chi connectivity index (χ0n) is 23.2. The normalized spacial score (nSPS) is 15.8. The number of halogens is 2. The maximum atomic E-state index is 2.51. The molecule has 4 aromatic carbocycles. The van der Waals surface area contributed by atoms with Crippen LogP contribution >= 0.6 is 0 Å². The minimum atomic E-state index is -1.12. The molecule has 39 heavy (non-hydrogen) atoms. The van der Waals surface area contributed by atoms with E-state index in [0.717, 1.165) is 5.54 Å². The Morgan fingerprint density at radius 3 is 2.03 bits per heavy atom. The van der Waals surface area contributed by atoms with Crippen LogP contribution in [0.4, 0.5) is 0 Å². The van der Waals surface area contributed by atoms with Crippen LogP contribution in [0.2, 0.25) is 13.1 Å². The molecule has 1 radical (unpaired) electrons. The molecule has 3 heterocycles. The maximum Gasteiger partial charge on any atom is 3.00 e. The molecule has 5 aromatic rings. The second kappa shape index (κ2) is 12.2. The van der Waals surface area contributed by atoms with Gasteiger partial charge < -0.3 is 29.4 Å². The van der Waals surface area contributed by atoms with Crippen LogP contribution in [0.3, 0.4) is 0 Å². The van der Waals surface area contributed by atoms with Gasteiger partial charge in [-0.3, -0.25) is 0 Å². The third-order valence-electron chi connectivity index (χ3n) is 8.21. The third kappa shape index (κ3) is 5.36. The number of rotatable bonds is 3. The van der Waals surface area contributed by atoms with Crippen molar-refractivity contribution in [2.24, 2.45) is 0 Å². The Hall–Kier alpha value is -2.03. The van der Waals surface area contributed by atoms with Gasteiger partial charge in [0.2, 0.25) is 0 Å².